The number of nitrogens with zero attached hydrogens (tertiary/aromatic N) is 1. The quantitative estimate of drug-likeness (QED) is 0.737. The average molecular weight is 381 g/mol. The zero-order chi connectivity index (χ0) is 19.4. The summed E-state index contributed by atoms with van der Waals surface area (Å²) in [5, 5.41) is 3.09. The number of carbonyl (C=O) groups excluding carboxylic acids is 3. The average Bonchev–Trinajstić information content (AvgIpc) is 2.85. The maximum atomic E-state index is 12.4. The summed E-state index contributed by atoms with van der Waals surface area (Å²) in [4.78, 5) is 38.8. The van der Waals surface area contributed by atoms with Gasteiger partial charge < -0.3 is 15.8 Å². The first-order valence-corrected chi connectivity index (χ1v) is 9.67. The first kappa shape index (κ1) is 20.4. The van der Waals surface area contributed by atoms with E-state index in [-0.39, 0.29) is 29.0 Å². The fourth-order valence-corrected chi connectivity index (χ4v) is 4.01. The molecule has 2 amide bonds. The monoisotopic (exact) mass is 381 g/mol. The number of likely N-dealkylation sites (tertiary alicyclic amines) is 1. The second kappa shape index (κ2) is 8.64. The summed E-state index contributed by atoms with van der Waals surface area (Å²) < 4.78 is 5.25. The van der Waals surface area contributed by atoms with Crippen LogP contribution >= 0.6 is 11.3 Å². The van der Waals surface area contributed by atoms with Crippen LogP contribution in [0.5, 0.6) is 0 Å². The van der Waals surface area contributed by atoms with Gasteiger partial charge in [0.1, 0.15) is 5.00 Å². The lowest BCUT2D eigenvalue weighted by Crippen LogP contribution is -2.38. The number of nitrogens with one attached hydrogen (secondary N) is 1. The van der Waals surface area contributed by atoms with E-state index in [0.29, 0.717) is 16.5 Å². The van der Waals surface area contributed by atoms with Crippen LogP contribution in [0.4, 0.5) is 5.00 Å². The summed E-state index contributed by atoms with van der Waals surface area (Å²) >= 11 is 1.01. The van der Waals surface area contributed by atoms with Crippen molar-refractivity contribution in [3.63, 3.8) is 0 Å². The molecule has 1 saturated heterocycles. The molecule has 8 heteroatoms. The standard InChI is InChI=1S/C18H27N3O4S/c1-10(2)25-18(24)14-12(4)15(16(19)23)26-17(14)20-13(22)9-21-7-5-11(3)6-8-21/h10-11H,5-9H2,1-4H3,(H2,19,23)(H,20,22). The first-order chi connectivity index (χ1) is 12.2. The number of carbonyl (C=O) groups is 3. The summed E-state index contributed by atoms with van der Waals surface area (Å²) in [7, 11) is 0. The molecule has 1 fully saturated rings. The van der Waals surface area contributed by atoms with Gasteiger partial charge in [-0.25, -0.2) is 4.79 Å². The molecule has 3 N–H and O–H groups in total. The van der Waals surface area contributed by atoms with Crippen molar-refractivity contribution in [3.05, 3.63) is 16.0 Å². The molecule has 0 atom stereocenters. The predicted octanol–water partition coefficient (Wildman–Crippen LogP) is 2.39. The minimum Gasteiger partial charge on any atom is -0.459 e. The number of piperidine rings is 1. The molecule has 144 valence electrons. The van der Waals surface area contributed by atoms with Gasteiger partial charge in [0, 0.05) is 0 Å². The minimum absolute atomic E-state index is 0.207. The molecule has 0 aliphatic carbocycles. The predicted molar refractivity (Wildman–Crippen MR) is 102 cm³/mol. The second-order valence-electron chi connectivity index (χ2n) is 7.09. The topological polar surface area (TPSA) is 102 Å². The van der Waals surface area contributed by atoms with Crippen molar-refractivity contribution in [2.75, 3.05) is 25.0 Å². The highest BCUT2D eigenvalue weighted by Crippen LogP contribution is 2.33. The van der Waals surface area contributed by atoms with Crippen LogP contribution in [0.1, 0.15) is 59.2 Å². The van der Waals surface area contributed by atoms with E-state index in [1.807, 2.05) is 0 Å². The van der Waals surface area contributed by atoms with Gasteiger partial charge in [0.15, 0.2) is 0 Å². The Kier molecular flexibility index (Phi) is 6.77. The molecule has 0 bridgehead atoms. The minimum atomic E-state index is -0.628. The van der Waals surface area contributed by atoms with Gasteiger partial charge in [0.25, 0.3) is 5.91 Å². The van der Waals surface area contributed by atoms with Gasteiger partial charge in [-0.1, -0.05) is 6.92 Å². The maximum Gasteiger partial charge on any atom is 0.341 e. The van der Waals surface area contributed by atoms with Crippen LogP contribution in [0.15, 0.2) is 0 Å². The Morgan fingerprint density at radius 1 is 1.31 bits per heavy atom. The number of nitrogens with two attached hydrogens (primary N) is 1. The Morgan fingerprint density at radius 2 is 1.92 bits per heavy atom. The van der Waals surface area contributed by atoms with Gasteiger partial charge in [-0.3, -0.25) is 14.5 Å². The summed E-state index contributed by atoms with van der Waals surface area (Å²) in [6.07, 6.45) is 1.84. The molecular formula is C18H27N3O4S. The molecule has 7 nitrogen and oxygen atoms in total. The Labute approximate surface area is 157 Å². The van der Waals surface area contributed by atoms with Crippen molar-refractivity contribution in [3.8, 4) is 0 Å². The number of anilines is 1. The number of esters is 1. The molecular weight excluding hydrogens is 354 g/mol. The van der Waals surface area contributed by atoms with Gasteiger partial charge >= 0.3 is 5.97 Å². The van der Waals surface area contributed by atoms with Crippen molar-refractivity contribution in [1.29, 1.82) is 0 Å². The molecule has 26 heavy (non-hydrogen) atoms. The van der Waals surface area contributed by atoms with Crippen LogP contribution in [0.2, 0.25) is 0 Å². The normalized spacial score (nSPS) is 15.9. The SMILES string of the molecule is Cc1c(C(N)=O)sc(NC(=O)CN2CCC(C)CC2)c1C(=O)OC(C)C. The van der Waals surface area contributed by atoms with E-state index < -0.39 is 11.9 Å². The van der Waals surface area contributed by atoms with Crippen LogP contribution in [0.25, 0.3) is 0 Å². The number of rotatable bonds is 6. The number of hydrogen-bond donors (Lipinski definition) is 2. The van der Waals surface area contributed by atoms with E-state index in [1.54, 1.807) is 20.8 Å². The van der Waals surface area contributed by atoms with E-state index in [9.17, 15) is 14.4 Å². The number of ether oxygens (including phenoxy) is 1. The van der Waals surface area contributed by atoms with Crippen molar-refractivity contribution in [2.45, 2.75) is 46.6 Å². The Morgan fingerprint density at radius 3 is 2.46 bits per heavy atom. The Balaban J connectivity index is 2.16. The molecule has 0 unspecified atom stereocenters. The second-order valence-corrected chi connectivity index (χ2v) is 8.11. The van der Waals surface area contributed by atoms with Crippen LogP contribution in [0, 0.1) is 12.8 Å². The molecule has 1 aliphatic rings. The lowest BCUT2D eigenvalue weighted by molar-refractivity contribution is -0.117. The highest BCUT2D eigenvalue weighted by Gasteiger charge is 2.27. The molecule has 0 radical (unpaired) electrons. The maximum absolute atomic E-state index is 12.4. The molecule has 0 saturated carbocycles. The van der Waals surface area contributed by atoms with Gasteiger partial charge in [0.05, 0.1) is 23.1 Å². The molecule has 2 rings (SSSR count). The van der Waals surface area contributed by atoms with Crippen LogP contribution in [0.3, 0.4) is 0 Å². The molecule has 0 spiro atoms. The lowest BCUT2D eigenvalue weighted by atomic mass is 9.99. The lowest BCUT2D eigenvalue weighted by Gasteiger charge is -2.29. The van der Waals surface area contributed by atoms with Gasteiger partial charge in [-0.05, 0) is 58.2 Å². The molecule has 1 aromatic heterocycles. The van der Waals surface area contributed by atoms with E-state index in [0.717, 1.165) is 37.3 Å². The fraction of sp³-hybridized carbons (Fsp3) is 0.611. The highest BCUT2D eigenvalue weighted by molar-refractivity contribution is 7.18. The number of thiophene rings is 1. The van der Waals surface area contributed by atoms with Crippen molar-refractivity contribution < 1.29 is 19.1 Å². The Hall–Kier alpha value is -1.93. The third kappa shape index (κ3) is 5.04. The van der Waals surface area contributed by atoms with E-state index in [2.05, 4.69) is 17.1 Å². The first-order valence-electron chi connectivity index (χ1n) is 8.85. The van der Waals surface area contributed by atoms with E-state index in [1.165, 1.54) is 0 Å². The number of primary amides is 1. The van der Waals surface area contributed by atoms with Gasteiger partial charge in [-0.15, -0.1) is 11.3 Å². The van der Waals surface area contributed by atoms with Crippen LogP contribution < -0.4 is 11.1 Å². The van der Waals surface area contributed by atoms with Crippen molar-refractivity contribution in [2.24, 2.45) is 11.7 Å². The van der Waals surface area contributed by atoms with Crippen LogP contribution in [-0.4, -0.2) is 48.4 Å². The van der Waals surface area contributed by atoms with Crippen molar-refractivity contribution >= 4 is 34.1 Å². The molecule has 2 heterocycles. The molecule has 0 aromatic carbocycles. The van der Waals surface area contributed by atoms with Gasteiger partial charge in [-0.2, -0.15) is 0 Å². The van der Waals surface area contributed by atoms with E-state index >= 15 is 0 Å². The smallest absolute Gasteiger partial charge is 0.341 e. The van der Waals surface area contributed by atoms with Gasteiger partial charge in [0.2, 0.25) is 5.91 Å². The van der Waals surface area contributed by atoms with E-state index in [4.69, 9.17) is 10.5 Å². The van der Waals surface area contributed by atoms with Crippen LogP contribution in [-0.2, 0) is 9.53 Å². The summed E-state index contributed by atoms with van der Waals surface area (Å²) in [6, 6.07) is 0. The molecule has 1 aromatic rings. The summed E-state index contributed by atoms with van der Waals surface area (Å²) in [6.45, 7) is 9.35. The van der Waals surface area contributed by atoms with Crippen molar-refractivity contribution in [1.82, 2.24) is 4.90 Å². The Bertz CT molecular complexity index is 691. The molecule has 1 aliphatic heterocycles. The number of amides is 2. The summed E-state index contributed by atoms with van der Waals surface area (Å²) in [5.74, 6) is -0.722. The largest absolute Gasteiger partial charge is 0.459 e. The third-order valence-electron chi connectivity index (χ3n) is 4.41. The zero-order valence-electron chi connectivity index (χ0n) is 15.8. The number of hydrogen-bond acceptors (Lipinski definition) is 6. The zero-order valence-corrected chi connectivity index (χ0v) is 16.6. The fourth-order valence-electron chi connectivity index (χ4n) is 2.94. The summed E-state index contributed by atoms with van der Waals surface area (Å²) in [5.41, 5.74) is 6.04. The highest BCUT2D eigenvalue weighted by atomic mass is 32.1. The third-order valence-corrected chi connectivity index (χ3v) is 5.64.